The molecule has 3 amide bonds. The number of amides is 3. The first-order valence-corrected chi connectivity index (χ1v) is 9.47. The number of rotatable bonds is 4. The normalized spacial score (nSPS) is 12.2. The Morgan fingerprint density at radius 1 is 1.21 bits per heavy atom. The van der Waals surface area contributed by atoms with Gasteiger partial charge in [-0.15, -0.1) is 10.2 Å². The number of aromatic nitrogens is 5. The Bertz CT molecular complexity index is 1200. The lowest BCUT2D eigenvalue weighted by molar-refractivity contribution is -0.174. The van der Waals surface area contributed by atoms with E-state index in [0.717, 1.165) is 6.07 Å². The van der Waals surface area contributed by atoms with Gasteiger partial charge in [0, 0.05) is 17.3 Å². The molecule has 174 valence electrons. The van der Waals surface area contributed by atoms with Crippen LogP contribution in [-0.4, -0.2) is 43.3 Å². The van der Waals surface area contributed by atoms with Crippen LogP contribution in [0.3, 0.4) is 0 Å². The highest BCUT2D eigenvalue weighted by Crippen LogP contribution is 2.36. The molecule has 0 aliphatic rings. The van der Waals surface area contributed by atoms with Crippen molar-refractivity contribution in [1.29, 1.82) is 0 Å². The number of urea groups is 1. The molecule has 1 atom stereocenters. The molecule has 3 N–H and O–H groups in total. The fraction of sp³-hybridized carbons (Fsp3) is 0.222. The molecule has 3 aromatic rings. The van der Waals surface area contributed by atoms with Crippen LogP contribution in [0.25, 0.3) is 22.5 Å². The number of benzene rings is 1. The summed E-state index contributed by atoms with van der Waals surface area (Å²) in [4.78, 5) is 27.7. The zero-order valence-corrected chi connectivity index (χ0v) is 17.7. The minimum absolute atomic E-state index is 0.197. The van der Waals surface area contributed by atoms with Crippen molar-refractivity contribution in [3.63, 3.8) is 0 Å². The lowest BCUT2D eigenvalue weighted by atomic mass is 9.99. The van der Waals surface area contributed by atoms with Gasteiger partial charge in [-0.05, 0) is 29.8 Å². The van der Waals surface area contributed by atoms with E-state index in [4.69, 9.17) is 11.6 Å². The molecule has 33 heavy (non-hydrogen) atoms. The number of nitrogens with zero attached hydrogens (tertiary/aromatic N) is 5. The summed E-state index contributed by atoms with van der Waals surface area (Å²) in [7, 11) is 1.57. The van der Waals surface area contributed by atoms with Crippen molar-refractivity contribution in [1.82, 2.24) is 41.4 Å². The maximum atomic E-state index is 14.8. The van der Waals surface area contributed by atoms with E-state index in [-0.39, 0.29) is 11.5 Å². The standard InChI is InChI=1S/C18H15ClF4N8O2/c1-8(25-17(33)28-27-16(32)18(21,22)23)14-12(20)6-9(7-24-14)10-4-3-5-11(19)13(10)15-26-30-31(2)29-15/h3-8H,1-2H3,(H,27,32)(H2,25,28,33)/t8-/m1/s1. The summed E-state index contributed by atoms with van der Waals surface area (Å²) in [6.45, 7) is 1.35. The number of hydrogen-bond donors (Lipinski definition) is 3. The van der Waals surface area contributed by atoms with Gasteiger partial charge in [-0.2, -0.15) is 18.0 Å². The quantitative estimate of drug-likeness (QED) is 0.384. The largest absolute Gasteiger partial charge is 0.472 e. The van der Waals surface area contributed by atoms with Crippen molar-refractivity contribution in [3.05, 3.63) is 47.0 Å². The third-order valence-corrected chi connectivity index (χ3v) is 4.55. The summed E-state index contributed by atoms with van der Waals surface area (Å²) in [5, 5.41) is 14.3. The molecule has 10 nitrogen and oxygen atoms in total. The molecule has 3 rings (SSSR count). The molecular formula is C18H15ClF4N8O2. The van der Waals surface area contributed by atoms with Gasteiger partial charge in [-0.1, -0.05) is 23.7 Å². The number of tetrazole rings is 1. The summed E-state index contributed by atoms with van der Waals surface area (Å²) in [6, 6.07) is 3.81. The number of nitrogens with one attached hydrogen (secondary N) is 3. The Hall–Kier alpha value is -3.81. The molecule has 0 aliphatic carbocycles. The molecule has 0 aliphatic heterocycles. The van der Waals surface area contributed by atoms with Gasteiger partial charge in [0.05, 0.1) is 23.8 Å². The second-order valence-corrected chi connectivity index (χ2v) is 7.04. The average Bonchev–Trinajstić information content (AvgIpc) is 3.16. The first kappa shape index (κ1) is 23.8. The van der Waals surface area contributed by atoms with Gasteiger partial charge < -0.3 is 5.32 Å². The molecule has 0 unspecified atom stereocenters. The van der Waals surface area contributed by atoms with Crippen molar-refractivity contribution in [3.8, 4) is 22.5 Å². The van der Waals surface area contributed by atoms with Gasteiger partial charge in [0.1, 0.15) is 5.82 Å². The number of hydrazine groups is 1. The predicted octanol–water partition coefficient (Wildman–Crippen LogP) is 2.69. The van der Waals surface area contributed by atoms with Crippen LogP contribution in [0.4, 0.5) is 22.4 Å². The molecule has 2 aromatic heterocycles. The monoisotopic (exact) mass is 486 g/mol. The summed E-state index contributed by atoms with van der Waals surface area (Å²) < 4.78 is 51.3. The van der Waals surface area contributed by atoms with Crippen LogP contribution >= 0.6 is 11.6 Å². The Morgan fingerprint density at radius 2 is 1.94 bits per heavy atom. The topological polar surface area (TPSA) is 127 Å². The van der Waals surface area contributed by atoms with E-state index in [1.807, 2.05) is 0 Å². The van der Waals surface area contributed by atoms with Gasteiger partial charge in [-0.3, -0.25) is 15.2 Å². The van der Waals surface area contributed by atoms with E-state index < -0.39 is 30.0 Å². The number of aryl methyl sites for hydroxylation is 1. The van der Waals surface area contributed by atoms with E-state index in [1.165, 1.54) is 28.8 Å². The number of carbonyl (C=O) groups is 2. The van der Waals surface area contributed by atoms with Gasteiger partial charge in [0.2, 0.25) is 5.82 Å². The lowest BCUT2D eigenvalue weighted by Crippen LogP contribution is -2.51. The van der Waals surface area contributed by atoms with Gasteiger partial charge in [-0.25, -0.2) is 14.6 Å². The minimum atomic E-state index is -5.18. The molecule has 0 spiro atoms. The second-order valence-electron chi connectivity index (χ2n) is 6.63. The molecule has 0 saturated heterocycles. The van der Waals surface area contributed by atoms with Gasteiger partial charge >= 0.3 is 18.1 Å². The minimum Gasteiger partial charge on any atom is -0.329 e. The van der Waals surface area contributed by atoms with E-state index in [2.05, 4.69) is 25.7 Å². The smallest absolute Gasteiger partial charge is 0.329 e. The molecule has 0 radical (unpaired) electrons. The third-order valence-electron chi connectivity index (χ3n) is 4.23. The number of carbonyl (C=O) groups excluding carboxylic acids is 2. The average molecular weight is 487 g/mol. The van der Waals surface area contributed by atoms with Crippen molar-refractivity contribution in [2.24, 2.45) is 7.05 Å². The SMILES string of the molecule is C[C@@H](NC(=O)NNC(=O)C(F)(F)F)c1ncc(-c2cccc(Cl)c2-c2nnn(C)n2)cc1F. The van der Waals surface area contributed by atoms with E-state index in [1.54, 1.807) is 25.2 Å². The van der Waals surface area contributed by atoms with Crippen molar-refractivity contribution < 1.29 is 27.2 Å². The summed E-state index contributed by atoms with van der Waals surface area (Å²) >= 11 is 6.30. The van der Waals surface area contributed by atoms with E-state index >= 15 is 0 Å². The van der Waals surface area contributed by atoms with Crippen molar-refractivity contribution >= 4 is 23.5 Å². The van der Waals surface area contributed by atoms with Crippen LogP contribution in [0.5, 0.6) is 0 Å². The molecule has 0 fully saturated rings. The highest BCUT2D eigenvalue weighted by molar-refractivity contribution is 6.33. The molecule has 0 saturated carbocycles. The predicted molar refractivity (Wildman–Crippen MR) is 107 cm³/mol. The maximum Gasteiger partial charge on any atom is 0.472 e. The Kier molecular flexibility index (Phi) is 6.76. The number of halogens is 5. The fourth-order valence-electron chi connectivity index (χ4n) is 2.78. The van der Waals surface area contributed by atoms with Gasteiger partial charge in [0.25, 0.3) is 0 Å². The van der Waals surface area contributed by atoms with E-state index in [0.29, 0.717) is 21.7 Å². The number of hydrogen-bond acceptors (Lipinski definition) is 6. The number of pyridine rings is 1. The molecule has 1 aromatic carbocycles. The summed E-state index contributed by atoms with van der Waals surface area (Å²) in [5.41, 5.74) is 3.72. The van der Waals surface area contributed by atoms with Crippen molar-refractivity contribution in [2.75, 3.05) is 0 Å². The molecule has 0 bridgehead atoms. The Labute approximate surface area is 188 Å². The lowest BCUT2D eigenvalue weighted by Gasteiger charge is -2.16. The Morgan fingerprint density at radius 3 is 2.55 bits per heavy atom. The van der Waals surface area contributed by atoms with Gasteiger partial charge in [0.15, 0.2) is 0 Å². The highest BCUT2D eigenvalue weighted by Gasteiger charge is 2.39. The van der Waals surface area contributed by atoms with Crippen LogP contribution in [0.1, 0.15) is 18.7 Å². The van der Waals surface area contributed by atoms with E-state index in [9.17, 15) is 27.2 Å². The zero-order chi connectivity index (χ0) is 24.3. The van der Waals surface area contributed by atoms with Crippen LogP contribution < -0.4 is 16.2 Å². The molecular weight excluding hydrogens is 472 g/mol. The summed E-state index contributed by atoms with van der Waals surface area (Å²) in [5.74, 6) is -2.96. The van der Waals surface area contributed by atoms with Crippen LogP contribution in [0.2, 0.25) is 5.02 Å². The fourth-order valence-corrected chi connectivity index (χ4v) is 3.04. The zero-order valence-electron chi connectivity index (χ0n) is 16.9. The Balaban J connectivity index is 1.79. The molecule has 15 heteroatoms. The second kappa shape index (κ2) is 9.36. The summed E-state index contributed by atoms with van der Waals surface area (Å²) in [6.07, 6.45) is -3.85. The van der Waals surface area contributed by atoms with Crippen LogP contribution in [0, 0.1) is 5.82 Å². The van der Waals surface area contributed by atoms with Crippen LogP contribution in [-0.2, 0) is 11.8 Å². The van der Waals surface area contributed by atoms with Crippen molar-refractivity contribution in [2.45, 2.75) is 19.1 Å². The highest BCUT2D eigenvalue weighted by atomic mass is 35.5. The first-order valence-electron chi connectivity index (χ1n) is 9.09. The van der Waals surface area contributed by atoms with Crippen LogP contribution in [0.15, 0.2) is 30.5 Å². The first-order chi connectivity index (χ1) is 15.5. The third kappa shape index (κ3) is 5.52. The number of alkyl halides is 3. The molecule has 2 heterocycles. The maximum absolute atomic E-state index is 14.8.